The molecule has 1 amide bonds. The molecular weight excluding hydrogens is 228 g/mol. The minimum atomic E-state index is 0.0222. The highest BCUT2D eigenvalue weighted by Crippen LogP contribution is 2.03. The molecule has 0 aliphatic carbocycles. The average molecular weight is 250 g/mol. The second-order valence-corrected chi connectivity index (χ2v) is 4.16. The van der Waals surface area contributed by atoms with Gasteiger partial charge < -0.3 is 15.8 Å². The van der Waals surface area contributed by atoms with E-state index in [-0.39, 0.29) is 5.91 Å². The van der Waals surface area contributed by atoms with Gasteiger partial charge in [0.1, 0.15) is 0 Å². The van der Waals surface area contributed by atoms with E-state index in [1.54, 1.807) is 0 Å². The van der Waals surface area contributed by atoms with Crippen molar-refractivity contribution >= 4 is 5.91 Å². The number of hydrogen-bond acceptors (Lipinski definition) is 3. The zero-order valence-electron chi connectivity index (χ0n) is 10.9. The maximum atomic E-state index is 11.5. The summed E-state index contributed by atoms with van der Waals surface area (Å²) in [5, 5.41) is 2.86. The molecule has 1 aromatic rings. The van der Waals surface area contributed by atoms with Crippen LogP contribution >= 0.6 is 0 Å². The Morgan fingerprint density at radius 1 is 1.22 bits per heavy atom. The van der Waals surface area contributed by atoms with Gasteiger partial charge in [-0.3, -0.25) is 4.79 Å². The summed E-state index contributed by atoms with van der Waals surface area (Å²) in [6, 6.07) is 7.92. The third kappa shape index (κ3) is 5.80. The van der Waals surface area contributed by atoms with E-state index in [1.165, 1.54) is 0 Å². The number of nitrogens with one attached hydrogen (secondary N) is 1. The fourth-order valence-electron chi connectivity index (χ4n) is 1.49. The molecule has 0 saturated heterocycles. The molecule has 1 aromatic carbocycles. The minimum Gasteiger partial charge on any atom is -0.381 e. The van der Waals surface area contributed by atoms with Crippen LogP contribution in [0.25, 0.3) is 0 Å². The minimum absolute atomic E-state index is 0.0222. The number of nitrogens with two attached hydrogens (primary N) is 1. The van der Waals surface area contributed by atoms with Gasteiger partial charge in [-0.1, -0.05) is 31.2 Å². The molecule has 0 radical (unpaired) electrons. The van der Waals surface area contributed by atoms with E-state index < -0.39 is 0 Å². The Bertz CT molecular complexity index is 349. The first kappa shape index (κ1) is 14.7. The van der Waals surface area contributed by atoms with Crippen LogP contribution in [0, 0.1) is 0 Å². The first-order valence-corrected chi connectivity index (χ1v) is 6.38. The van der Waals surface area contributed by atoms with Gasteiger partial charge in [0.25, 0.3) is 0 Å². The standard InChI is InChI=1S/C14H22N2O2/c1-2-8-18-9-7-14(17)16-11-13-5-3-12(10-15)4-6-13/h3-6H,2,7-11,15H2,1H3,(H,16,17). The third-order valence-electron chi connectivity index (χ3n) is 2.57. The van der Waals surface area contributed by atoms with Crippen molar-refractivity contribution < 1.29 is 9.53 Å². The second-order valence-electron chi connectivity index (χ2n) is 4.16. The van der Waals surface area contributed by atoms with E-state index in [0.717, 1.165) is 17.5 Å². The molecule has 1 rings (SSSR count). The van der Waals surface area contributed by atoms with E-state index in [2.05, 4.69) is 5.32 Å². The predicted octanol–water partition coefficient (Wildman–Crippen LogP) is 1.58. The molecule has 0 atom stereocenters. The Morgan fingerprint density at radius 3 is 2.50 bits per heavy atom. The zero-order chi connectivity index (χ0) is 13.2. The molecular formula is C14H22N2O2. The van der Waals surface area contributed by atoms with Gasteiger partial charge >= 0.3 is 0 Å². The molecule has 0 aliphatic rings. The Labute approximate surface area is 109 Å². The van der Waals surface area contributed by atoms with Gasteiger partial charge in [-0.05, 0) is 17.5 Å². The van der Waals surface area contributed by atoms with Crippen molar-refractivity contribution in [3.05, 3.63) is 35.4 Å². The largest absolute Gasteiger partial charge is 0.381 e. The van der Waals surface area contributed by atoms with Gasteiger partial charge in [0.2, 0.25) is 5.91 Å². The van der Waals surface area contributed by atoms with Crippen LogP contribution in [-0.4, -0.2) is 19.1 Å². The van der Waals surface area contributed by atoms with Crippen LogP contribution in [0.5, 0.6) is 0 Å². The molecule has 3 N–H and O–H groups in total. The lowest BCUT2D eigenvalue weighted by atomic mass is 10.1. The van der Waals surface area contributed by atoms with Crippen molar-refractivity contribution in [3.63, 3.8) is 0 Å². The quantitative estimate of drug-likeness (QED) is 0.688. The first-order valence-electron chi connectivity index (χ1n) is 6.38. The topological polar surface area (TPSA) is 64.3 Å². The molecule has 0 unspecified atom stereocenters. The maximum Gasteiger partial charge on any atom is 0.222 e. The Balaban J connectivity index is 2.20. The van der Waals surface area contributed by atoms with Crippen molar-refractivity contribution in [2.24, 2.45) is 5.73 Å². The van der Waals surface area contributed by atoms with E-state index in [9.17, 15) is 4.79 Å². The Hall–Kier alpha value is -1.39. The Kier molecular flexibility index (Phi) is 7.06. The van der Waals surface area contributed by atoms with Gasteiger partial charge in [0.15, 0.2) is 0 Å². The van der Waals surface area contributed by atoms with Gasteiger partial charge in [0, 0.05) is 26.1 Å². The van der Waals surface area contributed by atoms with Gasteiger partial charge in [-0.2, -0.15) is 0 Å². The molecule has 0 bridgehead atoms. The number of carbonyl (C=O) groups excluding carboxylic acids is 1. The molecule has 4 nitrogen and oxygen atoms in total. The molecule has 0 saturated carbocycles. The van der Waals surface area contributed by atoms with Crippen molar-refractivity contribution in [1.29, 1.82) is 0 Å². The van der Waals surface area contributed by atoms with Crippen molar-refractivity contribution in [2.45, 2.75) is 32.9 Å². The molecule has 0 aliphatic heterocycles. The summed E-state index contributed by atoms with van der Waals surface area (Å²) in [4.78, 5) is 11.5. The number of carbonyl (C=O) groups is 1. The van der Waals surface area contributed by atoms with Crippen molar-refractivity contribution in [3.8, 4) is 0 Å². The zero-order valence-corrected chi connectivity index (χ0v) is 10.9. The van der Waals surface area contributed by atoms with E-state index in [4.69, 9.17) is 10.5 Å². The lowest BCUT2D eigenvalue weighted by molar-refractivity contribution is -0.122. The highest BCUT2D eigenvalue weighted by molar-refractivity contribution is 5.75. The van der Waals surface area contributed by atoms with Crippen molar-refractivity contribution in [2.75, 3.05) is 13.2 Å². The maximum absolute atomic E-state index is 11.5. The highest BCUT2D eigenvalue weighted by atomic mass is 16.5. The summed E-state index contributed by atoms with van der Waals surface area (Å²) in [5.74, 6) is 0.0222. The van der Waals surface area contributed by atoms with E-state index in [1.807, 2.05) is 31.2 Å². The number of rotatable bonds is 8. The fraction of sp³-hybridized carbons (Fsp3) is 0.500. The predicted molar refractivity (Wildman–Crippen MR) is 71.9 cm³/mol. The summed E-state index contributed by atoms with van der Waals surface area (Å²) in [7, 11) is 0. The summed E-state index contributed by atoms with van der Waals surface area (Å²) < 4.78 is 5.26. The van der Waals surface area contributed by atoms with Crippen LogP contribution in [0.4, 0.5) is 0 Å². The smallest absolute Gasteiger partial charge is 0.222 e. The van der Waals surface area contributed by atoms with Crippen molar-refractivity contribution in [1.82, 2.24) is 5.32 Å². The third-order valence-corrected chi connectivity index (χ3v) is 2.57. The van der Waals surface area contributed by atoms with Gasteiger partial charge in [-0.15, -0.1) is 0 Å². The number of benzene rings is 1. The highest BCUT2D eigenvalue weighted by Gasteiger charge is 2.01. The van der Waals surface area contributed by atoms with Crippen LogP contribution < -0.4 is 11.1 Å². The van der Waals surface area contributed by atoms with Crippen LogP contribution in [0.3, 0.4) is 0 Å². The summed E-state index contributed by atoms with van der Waals surface area (Å²) in [5.41, 5.74) is 7.69. The number of hydrogen-bond donors (Lipinski definition) is 2. The summed E-state index contributed by atoms with van der Waals surface area (Å²) >= 11 is 0. The van der Waals surface area contributed by atoms with Crippen LogP contribution in [0.2, 0.25) is 0 Å². The second kappa shape index (κ2) is 8.66. The number of ether oxygens (including phenoxy) is 1. The lowest BCUT2D eigenvalue weighted by Crippen LogP contribution is -2.24. The van der Waals surface area contributed by atoms with Crippen LogP contribution in [-0.2, 0) is 22.6 Å². The van der Waals surface area contributed by atoms with Crippen LogP contribution in [0.15, 0.2) is 24.3 Å². The Morgan fingerprint density at radius 2 is 1.89 bits per heavy atom. The SMILES string of the molecule is CCCOCCC(=O)NCc1ccc(CN)cc1. The number of amides is 1. The molecule has 0 spiro atoms. The normalized spacial score (nSPS) is 10.3. The van der Waals surface area contributed by atoms with Crippen LogP contribution in [0.1, 0.15) is 30.9 Å². The summed E-state index contributed by atoms with van der Waals surface area (Å²) in [6.45, 7) is 4.35. The molecule has 0 heterocycles. The molecule has 100 valence electrons. The molecule has 0 fully saturated rings. The lowest BCUT2D eigenvalue weighted by Gasteiger charge is -2.06. The summed E-state index contributed by atoms with van der Waals surface area (Å²) in [6.07, 6.45) is 1.40. The molecule has 4 heteroatoms. The van der Waals surface area contributed by atoms with Gasteiger partial charge in [-0.25, -0.2) is 0 Å². The van der Waals surface area contributed by atoms with Gasteiger partial charge in [0.05, 0.1) is 6.61 Å². The van der Waals surface area contributed by atoms with E-state index >= 15 is 0 Å². The first-order chi connectivity index (χ1) is 8.76. The average Bonchev–Trinajstić information content (AvgIpc) is 2.42. The van der Waals surface area contributed by atoms with E-state index in [0.29, 0.717) is 32.7 Å². The monoisotopic (exact) mass is 250 g/mol. The molecule has 0 aromatic heterocycles. The fourth-order valence-corrected chi connectivity index (χ4v) is 1.49. The molecule has 18 heavy (non-hydrogen) atoms.